The van der Waals surface area contributed by atoms with Gasteiger partial charge in [-0.1, -0.05) is 0 Å². The number of hydrogen-bond donors (Lipinski definition) is 3. The van der Waals surface area contributed by atoms with E-state index in [1.165, 1.54) is 24.3 Å². The van der Waals surface area contributed by atoms with Crippen LogP contribution in [0.2, 0.25) is 0 Å². The number of amides is 4. The number of piperidine rings is 1. The average Bonchev–Trinajstić information content (AvgIpc) is 2.87. The summed E-state index contributed by atoms with van der Waals surface area (Å²) < 4.78 is 37.1. The fourth-order valence-electron chi connectivity index (χ4n) is 3.65. The molecule has 1 aliphatic heterocycles. The Kier molecular flexibility index (Phi) is 8.26. The Bertz CT molecular complexity index is 1190. The summed E-state index contributed by atoms with van der Waals surface area (Å²) in [6, 6.07) is 13.1. The molecule has 0 bridgehead atoms. The van der Waals surface area contributed by atoms with Gasteiger partial charge in [0, 0.05) is 29.9 Å². The molecule has 1 aliphatic rings. The first-order valence-electron chi connectivity index (χ1n) is 11.0. The van der Waals surface area contributed by atoms with Crippen LogP contribution in [0.5, 0.6) is 0 Å². The van der Waals surface area contributed by atoms with Crippen LogP contribution in [0.4, 0.5) is 23.7 Å². The van der Waals surface area contributed by atoms with Gasteiger partial charge in [-0.05, 0) is 67.8 Å². The number of carbonyl (C=O) groups excluding carboxylic acids is 3. The Morgan fingerprint density at radius 3 is 2.31 bits per heavy atom. The summed E-state index contributed by atoms with van der Waals surface area (Å²) in [5, 5.41) is 14.4. The highest BCUT2D eigenvalue weighted by Gasteiger charge is 2.38. The van der Waals surface area contributed by atoms with Gasteiger partial charge in [0.05, 0.1) is 17.7 Å². The molecular formula is C24H23F3N6O3. The standard InChI is InChI=1S/C24H23F3N6O3/c25-24(26,27)22(35)32-20(29)16-8-10-18(11-9-16)31-23(36)33-12-2-1-3-19(33)14-30-21(34)17-6-4-15(13-28)5-7-17/h4-11,19H,1-3,12,14H2,(H,30,34)(H,31,36)(H2,29,32,35). The number of carbonyl (C=O) groups is 3. The number of benzene rings is 2. The molecule has 1 saturated heterocycles. The number of hydrogen-bond acceptors (Lipinski definition) is 4. The Labute approximate surface area is 204 Å². The van der Waals surface area contributed by atoms with E-state index in [4.69, 9.17) is 11.0 Å². The lowest BCUT2D eigenvalue weighted by atomic mass is 10.0. The van der Waals surface area contributed by atoms with E-state index < -0.39 is 24.0 Å². The SMILES string of the molecule is N#Cc1ccc(C(=O)NCC2CCCCN2C(=O)Nc2ccc(C(N)=NC(=O)C(F)(F)F)cc2)cc1. The molecule has 0 saturated carbocycles. The number of halogens is 3. The van der Waals surface area contributed by atoms with Crippen molar-refractivity contribution >= 4 is 29.4 Å². The number of amidine groups is 1. The molecular weight excluding hydrogens is 477 g/mol. The maximum atomic E-state index is 12.9. The third kappa shape index (κ3) is 6.82. The second-order valence-corrected chi connectivity index (χ2v) is 8.05. The topological polar surface area (TPSA) is 141 Å². The normalized spacial score (nSPS) is 16.1. The third-order valence-electron chi connectivity index (χ3n) is 5.56. The second-order valence-electron chi connectivity index (χ2n) is 8.05. The molecule has 4 N–H and O–H groups in total. The zero-order valence-electron chi connectivity index (χ0n) is 19.0. The number of likely N-dealkylation sites (tertiary alicyclic amines) is 1. The minimum Gasteiger partial charge on any atom is -0.383 e. The van der Waals surface area contributed by atoms with Gasteiger partial charge in [-0.2, -0.15) is 23.4 Å². The summed E-state index contributed by atoms with van der Waals surface area (Å²) in [6.45, 7) is 0.728. The maximum absolute atomic E-state index is 12.9. The quantitative estimate of drug-likeness (QED) is 0.427. The average molecular weight is 500 g/mol. The van der Waals surface area contributed by atoms with Crippen molar-refractivity contribution in [2.45, 2.75) is 31.5 Å². The number of aliphatic imine (C=N–C) groups is 1. The summed E-state index contributed by atoms with van der Waals surface area (Å²) in [6.07, 6.45) is -2.73. The highest BCUT2D eigenvalue weighted by atomic mass is 19.4. The Balaban J connectivity index is 1.60. The number of urea groups is 1. The van der Waals surface area contributed by atoms with Crippen LogP contribution in [0, 0.1) is 11.3 Å². The summed E-state index contributed by atoms with van der Waals surface area (Å²) >= 11 is 0. The highest BCUT2D eigenvalue weighted by molar-refractivity contribution is 6.05. The van der Waals surface area contributed by atoms with Crippen LogP contribution in [0.15, 0.2) is 53.5 Å². The molecule has 0 radical (unpaired) electrons. The van der Waals surface area contributed by atoms with Gasteiger partial charge < -0.3 is 21.3 Å². The highest BCUT2D eigenvalue weighted by Crippen LogP contribution is 2.20. The van der Waals surface area contributed by atoms with Gasteiger partial charge in [0.25, 0.3) is 5.91 Å². The smallest absolute Gasteiger partial charge is 0.383 e. The van der Waals surface area contributed by atoms with Gasteiger partial charge in [0.1, 0.15) is 5.84 Å². The molecule has 0 spiro atoms. The fourth-order valence-corrected chi connectivity index (χ4v) is 3.65. The van der Waals surface area contributed by atoms with E-state index in [0.29, 0.717) is 29.8 Å². The molecule has 3 rings (SSSR count). The van der Waals surface area contributed by atoms with Crippen molar-refractivity contribution in [1.82, 2.24) is 10.2 Å². The van der Waals surface area contributed by atoms with Crippen molar-refractivity contribution < 1.29 is 27.6 Å². The molecule has 1 heterocycles. The van der Waals surface area contributed by atoms with Crippen LogP contribution in [-0.4, -0.2) is 53.9 Å². The molecule has 9 nitrogen and oxygen atoms in total. The molecule has 12 heteroatoms. The van der Waals surface area contributed by atoms with Crippen LogP contribution in [0.1, 0.15) is 40.7 Å². The Morgan fingerprint density at radius 1 is 1.06 bits per heavy atom. The summed E-state index contributed by atoms with van der Waals surface area (Å²) in [4.78, 5) is 40.8. The lowest BCUT2D eigenvalue weighted by molar-refractivity contribution is -0.169. The lowest BCUT2D eigenvalue weighted by Gasteiger charge is -2.35. The van der Waals surface area contributed by atoms with Crippen LogP contribution in [0.25, 0.3) is 0 Å². The molecule has 1 fully saturated rings. The number of nitrogens with one attached hydrogen (secondary N) is 2. The number of anilines is 1. The van der Waals surface area contributed by atoms with Crippen molar-refractivity contribution in [3.63, 3.8) is 0 Å². The van der Waals surface area contributed by atoms with E-state index in [-0.39, 0.29) is 24.1 Å². The van der Waals surface area contributed by atoms with Crippen molar-refractivity contribution in [3.8, 4) is 6.07 Å². The van der Waals surface area contributed by atoms with E-state index in [9.17, 15) is 27.6 Å². The minimum atomic E-state index is -5.12. The third-order valence-corrected chi connectivity index (χ3v) is 5.56. The number of rotatable bonds is 5. The van der Waals surface area contributed by atoms with Crippen LogP contribution in [-0.2, 0) is 4.79 Å². The number of alkyl halides is 3. The largest absolute Gasteiger partial charge is 0.473 e. The van der Waals surface area contributed by atoms with Gasteiger partial charge in [0.15, 0.2) is 0 Å². The monoisotopic (exact) mass is 500 g/mol. The summed E-state index contributed by atoms with van der Waals surface area (Å²) in [7, 11) is 0. The molecule has 36 heavy (non-hydrogen) atoms. The molecule has 1 unspecified atom stereocenters. The van der Waals surface area contributed by atoms with E-state index in [0.717, 1.165) is 12.8 Å². The molecule has 188 valence electrons. The Morgan fingerprint density at radius 2 is 1.69 bits per heavy atom. The minimum absolute atomic E-state index is 0.0898. The number of nitriles is 1. The lowest BCUT2D eigenvalue weighted by Crippen LogP contribution is -2.50. The first-order chi connectivity index (χ1) is 17.1. The summed E-state index contributed by atoms with van der Waals surface area (Å²) in [5.41, 5.74) is 6.78. The van der Waals surface area contributed by atoms with Gasteiger partial charge >= 0.3 is 18.1 Å². The van der Waals surface area contributed by atoms with Gasteiger partial charge in [-0.15, -0.1) is 0 Å². The van der Waals surface area contributed by atoms with Crippen molar-refractivity contribution in [1.29, 1.82) is 5.26 Å². The molecule has 0 aromatic heterocycles. The van der Waals surface area contributed by atoms with Gasteiger partial charge in [-0.3, -0.25) is 9.59 Å². The van der Waals surface area contributed by atoms with Crippen molar-refractivity contribution in [2.24, 2.45) is 10.7 Å². The predicted molar refractivity (Wildman–Crippen MR) is 125 cm³/mol. The molecule has 0 aliphatic carbocycles. The van der Waals surface area contributed by atoms with Gasteiger partial charge in [-0.25, -0.2) is 4.79 Å². The van der Waals surface area contributed by atoms with E-state index in [1.807, 2.05) is 6.07 Å². The first kappa shape index (κ1) is 26.2. The molecule has 2 aromatic rings. The van der Waals surface area contributed by atoms with Gasteiger partial charge in [0.2, 0.25) is 0 Å². The van der Waals surface area contributed by atoms with E-state index in [2.05, 4.69) is 15.6 Å². The van der Waals surface area contributed by atoms with Crippen molar-refractivity contribution in [2.75, 3.05) is 18.4 Å². The maximum Gasteiger partial charge on any atom is 0.473 e. The number of nitrogens with two attached hydrogens (primary N) is 1. The van der Waals surface area contributed by atoms with E-state index in [1.54, 1.807) is 29.2 Å². The summed E-state index contributed by atoms with van der Waals surface area (Å²) in [5.74, 6) is -3.21. The van der Waals surface area contributed by atoms with Crippen molar-refractivity contribution in [3.05, 3.63) is 65.2 Å². The predicted octanol–water partition coefficient (Wildman–Crippen LogP) is 3.17. The molecule has 1 atom stereocenters. The zero-order chi connectivity index (χ0) is 26.3. The molecule has 4 amide bonds. The van der Waals surface area contributed by atoms with Crippen LogP contribution >= 0.6 is 0 Å². The number of nitrogens with zero attached hydrogens (tertiary/aromatic N) is 3. The second kappa shape index (κ2) is 11.4. The zero-order valence-corrected chi connectivity index (χ0v) is 19.0. The molecule has 2 aromatic carbocycles. The van der Waals surface area contributed by atoms with Crippen LogP contribution in [0.3, 0.4) is 0 Å². The van der Waals surface area contributed by atoms with E-state index >= 15 is 0 Å². The first-order valence-corrected chi connectivity index (χ1v) is 11.0. The Hall–Kier alpha value is -4.40. The fraction of sp³-hybridized carbons (Fsp3) is 0.292. The van der Waals surface area contributed by atoms with Crippen LogP contribution < -0.4 is 16.4 Å².